The number of rotatable bonds is 14. The van der Waals surface area contributed by atoms with Crippen molar-refractivity contribution in [1.29, 1.82) is 10.8 Å². The molecule has 3 heterocycles. The Bertz CT molecular complexity index is 4450. The van der Waals surface area contributed by atoms with Gasteiger partial charge < -0.3 is 41.7 Å². The van der Waals surface area contributed by atoms with Gasteiger partial charge in [0.25, 0.3) is 0 Å². The SMILES string of the molecule is C.C.CCCCB1OC(c2ccccc2)(c2ccccc2)[C@H]2CCCN12.COC(N)(c1ccccc1-c1ccccc1)C(F)(F)F.N=C(c1ccccc1-c1ccccc1)C(F)(F)F.N=C(c1ccccc1-c1ccccc1)C(F)(F)F.[B]1Oc2ccccc2O1.[Cl-].[NH3+][C@H](c1ccccc1-c1ccccc1)C(F)(F)F. The highest BCUT2D eigenvalue weighted by atomic mass is 35.5. The Morgan fingerprint density at radius 3 is 1.25 bits per heavy atom. The predicted octanol–water partition coefficient (Wildman–Crippen LogP) is 19.4. The van der Waals surface area contributed by atoms with Crippen LogP contribution in [0.25, 0.3) is 44.5 Å². The number of benzene rings is 11. The summed E-state index contributed by atoms with van der Waals surface area (Å²) in [5, 5.41) is 14.5. The zero-order valence-electron chi connectivity index (χ0n) is 58.7. The third-order valence-corrected chi connectivity index (χ3v) is 18.0. The fraction of sp³-hybridized carbons (Fsp3) is 0.209. The number of quaternary nitrogens is 1. The van der Waals surface area contributed by atoms with Crippen molar-refractivity contribution in [2.24, 2.45) is 5.73 Å². The van der Waals surface area contributed by atoms with Crippen molar-refractivity contribution in [2.45, 2.75) is 102 Å². The third kappa shape index (κ3) is 22.0. The average molecular weight is 1540 g/mol. The summed E-state index contributed by atoms with van der Waals surface area (Å²) in [7, 11) is 2.53. The van der Waals surface area contributed by atoms with Crippen LogP contribution in [0.15, 0.2) is 303 Å². The van der Waals surface area contributed by atoms with E-state index in [1.807, 2.05) is 30.3 Å². The zero-order valence-corrected chi connectivity index (χ0v) is 59.5. The molecule has 110 heavy (non-hydrogen) atoms. The van der Waals surface area contributed by atoms with Crippen LogP contribution >= 0.6 is 0 Å². The summed E-state index contributed by atoms with van der Waals surface area (Å²) in [6, 6.07) is 88.0. The molecule has 0 aromatic heterocycles. The molecule has 3 atom stereocenters. The van der Waals surface area contributed by atoms with Gasteiger partial charge in [-0.05, 0) is 93.5 Å². The lowest BCUT2D eigenvalue weighted by Crippen LogP contribution is -3.00. The molecule has 9 nitrogen and oxygen atoms in total. The average Bonchev–Trinajstić information content (AvgIpc) is 1.56. The van der Waals surface area contributed by atoms with Crippen molar-refractivity contribution in [3.8, 4) is 56.0 Å². The van der Waals surface area contributed by atoms with E-state index in [1.165, 1.54) is 93.5 Å². The number of nitrogens with one attached hydrogen (secondary N) is 2. The number of methoxy groups -OCH3 is 1. The molecule has 2 fully saturated rings. The molecule has 2 saturated heterocycles. The van der Waals surface area contributed by atoms with E-state index in [9.17, 15) is 52.7 Å². The van der Waals surface area contributed by atoms with Crippen LogP contribution in [0.2, 0.25) is 6.32 Å². The molecular weight excluding hydrogens is 1450 g/mol. The molecule has 11 aromatic carbocycles. The van der Waals surface area contributed by atoms with Crippen molar-refractivity contribution >= 4 is 26.2 Å². The largest absolute Gasteiger partial charge is 1.00 e. The van der Waals surface area contributed by atoms with Crippen LogP contribution in [0.4, 0.5) is 52.7 Å². The highest BCUT2D eigenvalue weighted by Gasteiger charge is 2.58. The van der Waals surface area contributed by atoms with Gasteiger partial charge in [-0.3, -0.25) is 16.6 Å². The summed E-state index contributed by atoms with van der Waals surface area (Å²) in [5.74, 6) is 1.58. The van der Waals surface area contributed by atoms with E-state index in [-0.39, 0.29) is 62.2 Å². The third-order valence-electron chi connectivity index (χ3n) is 18.0. The van der Waals surface area contributed by atoms with E-state index in [0.717, 1.165) is 30.5 Å². The quantitative estimate of drug-likeness (QED) is 0.0370. The molecule has 3 aliphatic heterocycles. The summed E-state index contributed by atoms with van der Waals surface area (Å²) in [6.45, 7) is 3.43. The van der Waals surface area contributed by atoms with Crippen molar-refractivity contribution in [3.63, 3.8) is 0 Å². The van der Waals surface area contributed by atoms with Crippen LogP contribution in [0.3, 0.4) is 0 Å². The minimum absolute atomic E-state index is 0. The predicted molar refractivity (Wildman–Crippen MR) is 411 cm³/mol. The lowest BCUT2D eigenvalue weighted by molar-refractivity contribution is -0.488. The van der Waals surface area contributed by atoms with Gasteiger partial charge >= 0.3 is 39.4 Å². The lowest BCUT2D eigenvalue weighted by atomic mass is 9.75. The van der Waals surface area contributed by atoms with Crippen molar-refractivity contribution in [3.05, 3.63) is 337 Å². The van der Waals surface area contributed by atoms with Crippen LogP contribution in [0, 0.1) is 10.8 Å². The Balaban J connectivity index is 0.000000208. The molecule has 0 spiro atoms. The van der Waals surface area contributed by atoms with Crippen LogP contribution in [-0.2, 0) is 20.7 Å². The summed E-state index contributed by atoms with van der Waals surface area (Å²) < 4.78 is 175. The first kappa shape index (κ1) is 88.6. The fourth-order valence-corrected chi connectivity index (χ4v) is 12.7. The summed E-state index contributed by atoms with van der Waals surface area (Å²) >= 11 is 0. The molecule has 0 saturated carbocycles. The second kappa shape index (κ2) is 40.4. The molecule has 0 aliphatic carbocycles. The summed E-state index contributed by atoms with van der Waals surface area (Å²) in [6.07, 6.45) is -12.2. The summed E-state index contributed by atoms with van der Waals surface area (Å²) in [4.78, 5) is 2.63. The van der Waals surface area contributed by atoms with Gasteiger partial charge in [-0.25, -0.2) is 0 Å². The van der Waals surface area contributed by atoms with Gasteiger partial charge in [-0.2, -0.15) is 52.7 Å². The minimum atomic E-state index is -4.72. The van der Waals surface area contributed by atoms with E-state index in [2.05, 4.69) is 82.9 Å². The fourth-order valence-electron chi connectivity index (χ4n) is 12.7. The van der Waals surface area contributed by atoms with E-state index in [1.54, 1.807) is 170 Å². The standard InChI is InChI=1S/C21H26BNO.C15H14F3NO.C14H12F3N.2C14H10F3N.C6H4BO2.2CH4.ClH/c1-2-3-16-22-23-17-10-15-20(23)21(24-22,18-11-6-4-7-12-18)19-13-8-5-9-14-19;1-20-14(19,15(16,17)18)13-10-6-5-9-12(13)11-7-3-2-4-8-11;3*15-14(16,17)13(18)12-9-5-4-8-11(12)10-6-2-1-3-7-10;1-2-4-6-5(3-1)8-7-9-6;;;/h4-9,11-14,20H,2-3,10,15-17H2,1H3;2-10H,19H2,1H3;1-9,13H,18H2;2*1-9,18H;1-4H;2*1H4;1H/t20-;;13-;;;;;;/m1.1....../s1. The Morgan fingerprint density at radius 2 is 0.855 bits per heavy atom. The van der Waals surface area contributed by atoms with Crippen LogP contribution in [-0.4, -0.2) is 75.4 Å². The maximum atomic E-state index is 13.2. The van der Waals surface area contributed by atoms with Crippen LogP contribution in [0.5, 0.6) is 11.5 Å². The van der Waals surface area contributed by atoms with Gasteiger partial charge in [0.2, 0.25) is 11.8 Å². The first-order valence-electron chi connectivity index (χ1n) is 34.2. The van der Waals surface area contributed by atoms with Crippen LogP contribution < -0.4 is 33.2 Å². The molecule has 14 rings (SSSR count). The Hall–Kier alpha value is -10.3. The number of nitrogens with zero attached hydrogens (tertiary/aromatic N) is 1. The molecule has 7 N–H and O–H groups in total. The molecule has 575 valence electrons. The minimum Gasteiger partial charge on any atom is -1.00 e. The maximum absolute atomic E-state index is 13.2. The molecule has 0 amide bonds. The van der Waals surface area contributed by atoms with Crippen molar-refractivity contribution in [2.75, 3.05) is 13.7 Å². The first-order valence-corrected chi connectivity index (χ1v) is 34.2. The second-order valence-electron chi connectivity index (χ2n) is 24.8. The zero-order chi connectivity index (χ0) is 76.8. The van der Waals surface area contributed by atoms with Gasteiger partial charge in [0.15, 0.2) is 0 Å². The molecule has 1 radical (unpaired) electrons. The Morgan fingerprint density at radius 1 is 0.509 bits per heavy atom. The number of ether oxygens (including phenoxy) is 1. The number of alkyl halides is 12. The molecule has 0 bridgehead atoms. The van der Waals surface area contributed by atoms with E-state index in [4.69, 9.17) is 30.5 Å². The van der Waals surface area contributed by atoms with Gasteiger partial charge in [-0.1, -0.05) is 326 Å². The highest BCUT2D eigenvalue weighted by Crippen LogP contribution is 2.50. The first-order chi connectivity index (χ1) is 51.2. The Kier molecular flexibility index (Phi) is 32.6. The number of halogens is 13. The number of unbranched alkanes of at least 4 members (excludes halogenated alkanes) is 1. The van der Waals surface area contributed by atoms with Crippen molar-refractivity contribution < 1.29 is 89.5 Å². The smallest absolute Gasteiger partial charge is 0.658 e. The summed E-state index contributed by atoms with van der Waals surface area (Å²) in [5.41, 5.74) is 10.00. The molecule has 1 unspecified atom stereocenters. The molecule has 24 heteroatoms. The topological polar surface area (TPSA) is 142 Å². The Labute approximate surface area is 642 Å². The normalized spacial score (nSPS) is 14.6. The van der Waals surface area contributed by atoms with Crippen molar-refractivity contribution in [1.82, 2.24) is 4.81 Å². The number of hydrogen-bond acceptors (Lipinski definition) is 8. The number of hydrogen-bond donors (Lipinski definition) is 4. The second-order valence-corrected chi connectivity index (χ2v) is 24.8. The van der Waals surface area contributed by atoms with Gasteiger partial charge in [0.05, 0.1) is 0 Å². The highest BCUT2D eigenvalue weighted by molar-refractivity contribution is 6.50. The van der Waals surface area contributed by atoms with Crippen LogP contribution in [0.1, 0.15) is 86.9 Å². The van der Waals surface area contributed by atoms with Gasteiger partial charge in [0, 0.05) is 35.4 Å². The monoisotopic (exact) mass is 1540 g/mol. The number of nitrogens with two attached hydrogens (primary N) is 1. The van der Waals surface area contributed by atoms with E-state index < -0.39 is 47.9 Å². The maximum Gasteiger partial charge on any atom is 0.658 e. The molecular formula is C86H85B2ClF12N5O4. The lowest BCUT2D eigenvalue weighted by Gasteiger charge is -2.36. The van der Waals surface area contributed by atoms with E-state index >= 15 is 0 Å². The number of fused-ring (bicyclic) bond motifs is 2. The number of para-hydroxylation sites is 2. The molecule has 3 aliphatic rings. The molecule has 11 aromatic rings. The van der Waals surface area contributed by atoms with E-state index in [0.29, 0.717) is 45.0 Å². The van der Waals surface area contributed by atoms with Gasteiger partial charge in [-0.15, -0.1) is 0 Å². The van der Waals surface area contributed by atoms with Gasteiger partial charge in [0.1, 0.15) is 28.5 Å².